The van der Waals surface area contributed by atoms with Crippen LogP contribution in [0.2, 0.25) is 5.02 Å². The maximum atomic E-state index is 12.7. The Balaban J connectivity index is 1.56. The molecule has 1 aromatic rings. The fraction of sp³-hybridized carbons (Fsp3) is 0.526. The number of carbonyl (C=O) groups excluding carboxylic acids is 3. The summed E-state index contributed by atoms with van der Waals surface area (Å²) in [6.45, 7) is 6.40. The Morgan fingerprint density at radius 3 is 2.35 bits per heavy atom. The van der Waals surface area contributed by atoms with Crippen LogP contribution < -0.4 is 0 Å². The van der Waals surface area contributed by atoms with E-state index in [4.69, 9.17) is 11.6 Å². The molecule has 3 rings (SSSR count). The summed E-state index contributed by atoms with van der Waals surface area (Å²) in [5.74, 6) is -0.258. The Morgan fingerprint density at radius 1 is 1.12 bits per heavy atom. The molecule has 0 bridgehead atoms. The fourth-order valence-electron chi connectivity index (χ4n) is 3.59. The number of hydrogen-bond acceptors (Lipinski definition) is 3. The first-order chi connectivity index (χ1) is 12.4. The minimum absolute atomic E-state index is 0.0244. The molecular weight excluding hydrogens is 354 g/mol. The lowest BCUT2D eigenvalue weighted by atomic mass is 10.1. The van der Waals surface area contributed by atoms with E-state index in [9.17, 15) is 14.4 Å². The van der Waals surface area contributed by atoms with Crippen molar-refractivity contribution in [2.45, 2.75) is 26.3 Å². The normalized spacial score (nSPS) is 20.8. The van der Waals surface area contributed by atoms with Gasteiger partial charge in [-0.15, -0.1) is 0 Å². The Kier molecular flexibility index (Phi) is 5.51. The number of rotatable bonds is 3. The first-order valence-electron chi connectivity index (χ1n) is 9.00. The summed E-state index contributed by atoms with van der Waals surface area (Å²) >= 11 is 5.96. The number of hydrogen-bond donors (Lipinski definition) is 0. The van der Waals surface area contributed by atoms with E-state index in [2.05, 4.69) is 0 Å². The van der Waals surface area contributed by atoms with Crippen LogP contribution in [0.15, 0.2) is 24.3 Å². The van der Waals surface area contributed by atoms with Gasteiger partial charge in [0.25, 0.3) is 5.91 Å². The van der Waals surface area contributed by atoms with Gasteiger partial charge in [0.1, 0.15) is 0 Å². The van der Waals surface area contributed by atoms with Crippen LogP contribution in [0.1, 0.15) is 30.6 Å². The molecule has 1 unspecified atom stereocenters. The van der Waals surface area contributed by atoms with Crippen LogP contribution in [0.4, 0.5) is 0 Å². The van der Waals surface area contributed by atoms with Crippen molar-refractivity contribution in [1.29, 1.82) is 0 Å². The highest BCUT2D eigenvalue weighted by Crippen LogP contribution is 2.23. The van der Waals surface area contributed by atoms with Gasteiger partial charge in [0, 0.05) is 55.8 Å². The molecule has 2 heterocycles. The average Bonchev–Trinajstić information content (AvgIpc) is 3.02. The minimum Gasteiger partial charge on any atom is -0.339 e. The number of piperazine rings is 1. The van der Waals surface area contributed by atoms with Crippen molar-refractivity contribution in [2.24, 2.45) is 5.92 Å². The van der Waals surface area contributed by atoms with Gasteiger partial charge in [0.05, 0.1) is 5.92 Å². The number of benzene rings is 1. The van der Waals surface area contributed by atoms with Crippen LogP contribution in [0.5, 0.6) is 0 Å². The summed E-state index contributed by atoms with van der Waals surface area (Å²) in [5, 5.41) is 0.533. The van der Waals surface area contributed by atoms with Crippen molar-refractivity contribution in [2.75, 3.05) is 32.7 Å². The molecular formula is C19H24ClN3O3. The summed E-state index contributed by atoms with van der Waals surface area (Å²) in [5.41, 5.74) is 0.561. The molecule has 3 amide bonds. The SMILES string of the molecule is CC(C)N1CC(C(=O)N2CCN(C(=O)c3cccc(Cl)c3)CC2)CC1=O. The molecule has 7 heteroatoms. The molecule has 2 fully saturated rings. The van der Waals surface area contributed by atoms with E-state index >= 15 is 0 Å². The van der Waals surface area contributed by atoms with Crippen LogP contribution in [0.3, 0.4) is 0 Å². The molecule has 2 saturated heterocycles. The van der Waals surface area contributed by atoms with E-state index in [0.717, 1.165) is 0 Å². The second kappa shape index (κ2) is 7.66. The van der Waals surface area contributed by atoms with Crippen LogP contribution in [0, 0.1) is 5.92 Å². The third-order valence-electron chi connectivity index (χ3n) is 5.08. The Morgan fingerprint density at radius 2 is 1.77 bits per heavy atom. The molecule has 0 spiro atoms. The lowest BCUT2D eigenvalue weighted by Gasteiger charge is -2.36. The van der Waals surface area contributed by atoms with Gasteiger partial charge in [-0.1, -0.05) is 17.7 Å². The van der Waals surface area contributed by atoms with Crippen LogP contribution in [-0.2, 0) is 9.59 Å². The number of nitrogens with zero attached hydrogens (tertiary/aromatic N) is 3. The van der Waals surface area contributed by atoms with Gasteiger partial charge in [-0.25, -0.2) is 0 Å². The Bertz CT molecular complexity index is 714. The van der Waals surface area contributed by atoms with Gasteiger partial charge in [-0.2, -0.15) is 0 Å². The predicted molar refractivity (Wildman–Crippen MR) is 98.9 cm³/mol. The topological polar surface area (TPSA) is 60.9 Å². The highest BCUT2D eigenvalue weighted by atomic mass is 35.5. The monoisotopic (exact) mass is 377 g/mol. The van der Waals surface area contributed by atoms with Gasteiger partial charge in [-0.3, -0.25) is 14.4 Å². The molecule has 26 heavy (non-hydrogen) atoms. The quantitative estimate of drug-likeness (QED) is 0.808. The van der Waals surface area contributed by atoms with E-state index in [1.54, 1.807) is 39.0 Å². The van der Waals surface area contributed by atoms with Crippen molar-refractivity contribution < 1.29 is 14.4 Å². The average molecular weight is 378 g/mol. The second-order valence-electron chi connectivity index (χ2n) is 7.17. The first kappa shape index (κ1) is 18.7. The lowest BCUT2D eigenvalue weighted by Crippen LogP contribution is -2.52. The molecule has 0 saturated carbocycles. The fourth-order valence-corrected chi connectivity index (χ4v) is 3.78. The number of halogens is 1. The Hall–Kier alpha value is -2.08. The minimum atomic E-state index is -0.264. The van der Waals surface area contributed by atoms with E-state index in [1.165, 1.54) is 0 Å². The molecule has 0 aliphatic carbocycles. The molecule has 140 valence electrons. The van der Waals surface area contributed by atoms with Crippen molar-refractivity contribution >= 4 is 29.3 Å². The molecule has 1 atom stereocenters. The molecule has 2 aliphatic heterocycles. The van der Waals surface area contributed by atoms with E-state index in [-0.39, 0.29) is 29.7 Å². The van der Waals surface area contributed by atoms with Gasteiger partial charge in [0.15, 0.2) is 0 Å². The van der Waals surface area contributed by atoms with E-state index in [0.29, 0.717) is 49.7 Å². The zero-order chi connectivity index (χ0) is 18.8. The highest BCUT2D eigenvalue weighted by molar-refractivity contribution is 6.30. The summed E-state index contributed by atoms with van der Waals surface area (Å²) in [7, 11) is 0. The van der Waals surface area contributed by atoms with Crippen LogP contribution in [-0.4, -0.2) is 71.2 Å². The predicted octanol–water partition coefficient (Wildman–Crippen LogP) is 1.88. The van der Waals surface area contributed by atoms with Gasteiger partial charge in [0.2, 0.25) is 11.8 Å². The van der Waals surface area contributed by atoms with Crippen molar-refractivity contribution in [1.82, 2.24) is 14.7 Å². The third kappa shape index (κ3) is 3.85. The van der Waals surface area contributed by atoms with Crippen LogP contribution in [0.25, 0.3) is 0 Å². The number of amides is 3. The third-order valence-corrected chi connectivity index (χ3v) is 5.32. The van der Waals surface area contributed by atoms with E-state index in [1.807, 2.05) is 13.8 Å². The van der Waals surface area contributed by atoms with Crippen molar-refractivity contribution in [3.63, 3.8) is 0 Å². The zero-order valence-corrected chi connectivity index (χ0v) is 15.9. The van der Waals surface area contributed by atoms with Gasteiger partial charge >= 0.3 is 0 Å². The molecule has 0 radical (unpaired) electrons. The molecule has 2 aliphatic rings. The first-order valence-corrected chi connectivity index (χ1v) is 9.37. The zero-order valence-electron chi connectivity index (χ0n) is 15.2. The van der Waals surface area contributed by atoms with Gasteiger partial charge in [-0.05, 0) is 32.0 Å². The number of likely N-dealkylation sites (tertiary alicyclic amines) is 1. The molecule has 0 aromatic heterocycles. The van der Waals surface area contributed by atoms with Crippen LogP contribution >= 0.6 is 11.6 Å². The number of carbonyl (C=O) groups is 3. The summed E-state index contributed by atoms with van der Waals surface area (Å²) in [6, 6.07) is 7.01. The second-order valence-corrected chi connectivity index (χ2v) is 7.61. The van der Waals surface area contributed by atoms with E-state index < -0.39 is 0 Å². The van der Waals surface area contributed by atoms with Gasteiger partial charge < -0.3 is 14.7 Å². The largest absolute Gasteiger partial charge is 0.339 e. The van der Waals surface area contributed by atoms with Crippen molar-refractivity contribution in [3.05, 3.63) is 34.9 Å². The molecule has 0 N–H and O–H groups in total. The summed E-state index contributed by atoms with van der Waals surface area (Å²) < 4.78 is 0. The summed E-state index contributed by atoms with van der Waals surface area (Å²) in [6.07, 6.45) is 0.290. The standard InChI is InChI=1S/C19H24ClN3O3/c1-13(2)23-12-15(11-17(23)24)19(26)22-8-6-21(7-9-22)18(25)14-4-3-5-16(20)10-14/h3-5,10,13,15H,6-9,11-12H2,1-2H3. The smallest absolute Gasteiger partial charge is 0.254 e. The maximum absolute atomic E-state index is 12.7. The maximum Gasteiger partial charge on any atom is 0.254 e. The highest BCUT2D eigenvalue weighted by Gasteiger charge is 2.38. The lowest BCUT2D eigenvalue weighted by molar-refractivity contribution is -0.137. The molecule has 1 aromatic carbocycles. The Labute approximate surface area is 158 Å². The summed E-state index contributed by atoms with van der Waals surface area (Å²) in [4.78, 5) is 42.6. The molecule has 6 nitrogen and oxygen atoms in total. The van der Waals surface area contributed by atoms with Crippen molar-refractivity contribution in [3.8, 4) is 0 Å².